The molecule has 2 aliphatic heterocycles. The fraction of sp³-hybridized carbons (Fsp3) is 0.433. The van der Waals surface area contributed by atoms with E-state index in [0.29, 0.717) is 48.0 Å². The molecular weight excluding hydrogens is 542 g/mol. The number of amides is 3. The number of nitrogens with one attached hydrogen (secondary N) is 2. The molecule has 0 fully saturated rings. The lowest BCUT2D eigenvalue weighted by Crippen LogP contribution is -2.49. The van der Waals surface area contributed by atoms with Gasteiger partial charge in [-0.25, -0.2) is 4.79 Å². The summed E-state index contributed by atoms with van der Waals surface area (Å²) in [5.74, 6) is 1.84. The van der Waals surface area contributed by atoms with Crippen LogP contribution in [0, 0.1) is 19.8 Å². The molecule has 0 saturated heterocycles. The molecule has 42 heavy (non-hydrogen) atoms. The minimum absolute atomic E-state index is 0.0977. The Bertz CT molecular complexity index is 1440. The molecule has 0 spiro atoms. The first-order chi connectivity index (χ1) is 20.1. The topological polar surface area (TPSA) is 139 Å². The maximum Gasteiger partial charge on any atom is 0.323 e. The molecule has 3 N–H and O–H groups in total. The minimum Gasteiger partial charge on any atom is -0.486 e. The highest BCUT2D eigenvalue weighted by Crippen LogP contribution is 2.36. The summed E-state index contributed by atoms with van der Waals surface area (Å²) in [6.07, 6.45) is -0.349. The quantitative estimate of drug-likeness (QED) is 0.361. The van der Waals surface area contributed by atoms with Gasteiger partial charge in [0.25, 0.3) is 5.91 Å². The Morgan fingerprint density at radius 1 is 1.19 bits per heavy atom. The van der Waals surface area contributed by atoms with Crippen LogP contribution in [0.1, 0.15) is 41.2 Å². The number of ether oxygens (including phenoxy) is 3. The van der Waals surface area contributed by atoms with Crippen LogP contribution in [0.15, 0.2) is 40.9 Å². The molecule has 2 aliphatic rings. The van der Waals surface area contributed by atoms with Gasteiger partial charge in [0, 0.05) is 25.6 Å². The van der Waals surface area contributed by atoms with E-state index in [9.17, 15) is 14.7 Å². The molecule has 224 valence electrons. The largest absolute Gasteiger partial charge is 0.486 e. The average Bonchev–Trinajstić information content (AvgIpc) is 3.56. The molecule has 5 rings (SSSR count). The number of aromatic nitrogens is 1. The van der Waals surface area contributed by atoms with E-state index in [2.05, 4.69) is 20.7 Å². The van der Waals surface area contributed by atoms with Gasteiger partial charge < -0.3 is 39.4 Å². The Morgan fingerprint density at radius 2 is 1.98 bits per heavy atom. The number of para-hydroxylation sites is 1. The zero-order chi connectivity index (χ0) is 30.0. The van der Waals surface area contributed by atoms with Crippen molar-refractivity contribution in [2.24, 2.45) is 5.92 Å². The smallest absolute Gasteiger partial charge is 0.323 e. The molecule has 2 aromatic carbocycles. The molecule has 3 atom stereocenters. The zero-order valence-corrected chi connectivity index (χ0v) is 24.5. The first kappa shape index (κ1) is 29.2. The highest BCUT2D eigenvalue weighted by atomic mass is 16.7. The third kappa shape index (κ3) is 6.14. The maximum atomic E-state index is 13.7. The van der Waals surface area contributed by atoms with E-state index in [-0.39, 0.29) is 37.1 Å². The first-order valence-electron chi connectivity index (χ1n) is 13.9. The second-order valence-electron chi connectivity index (χ2n) is 11.0. The van der Waals surface area contributed by atoms with Crippen LogP contribution in [0.3, 0.4) is 0 Å². The number of fused-ring (bicyclic) bond motifs is 2. The molecule has 3 heterocycles. The number of likely N-dealkylation sites (N-methyl/N-ethyl adjacent to an activating group) is 1. The number of carbonyl (C=O) groups is 2. The van der Waals surface area contributed by atoms with Gasteiger partial charge in [0.15, 0.2) is 23.0 Å². The maximum absolute atomic E-state index is 13.7. The molecule has 1 aromatic heterocycles. The van der Waals surface area contributed by atoms with Crippen molar-refractivity contribution in [3.8, 4) is 17.2 Å². The average molecular weight is 580 g/mol. The summed E-state index contributed by atoms with van der Waals surface area (Å²) in [7, 11) is 2.00. The van der Waals surface area contributed by atoms with Crippen LogP contribution in [-0.2, 0) is 6.54 Å². The molecule has 12 nitrogen and oxygen atoms in total. The van der Waals surface area contributed by atoms with Gasteiger partial charge in [-0.3, -0.25) is 9.69 Å². The monoisotopic (exact) mass is 579 g/mol. The number of benzene rings is 2. The van der Waals surface area contributed by atoms with Crippen LogP contribution in [0.5, 0.6) is 17.2 Å². The Labute approximate surface area is 244 Å². The van der Waals surface area contributed by atoms with E-state index < -0.39 is 12.1 Å². The number of rotatable bonds is 8. The van der Waals surface area contributed by atoms with Crippen LogP contribution >= 0.6 is 0 Å². The number of anilines is 2. The SMILES string of the molecule is Cc1noc(C)c1NC(=O)Nc1cccc2c1O[C@@H](CN(C)Cc1ccc3c(c1)OCO3)[C@@H](C)CN([C@@H](C)CO)C2=O. The Balaban J connectivity index is 1.41. The van der Waals surface area contributed by atoms with Gasteiger partial charge in [0.05, 0.1) is 23.9 Å². The number of aryl methyl sites for hydroxylation is 2. The number of hydrogen-bond acceptors (Lipinski definition) is 9. The van der Waals surface area contributed by atoms with Crippen LogP contribution in [-0.4, -0.2) is 77.7 Å². The van der Waals surface area contributed by atoms with Gasteiger partial charge in [0.1, 0.15) is 17.5 Å². The van der Waals surface area contributed by atoms with Crippen molar-refractivity contribution in [3.05, 3.63) is 59.0 Å². The van der Waals surface area contributed by atoms with Crippen molar-refractivity contribution in [1.29, 1.82) is 0 Å². The minimum atomic E-state index is -0.527. The van der Waals surface area contributed by atoms with Crippen molar-refractivity contribution in [1.82, 2.24) is 15.0 Å². The Morgan fingerprint density at radius 3 is 2.71 bits per heavy atom. The number of hydrogen-bond donors (Lipinski definition) is 3. The second kappa shape index (κ2) is 12.3. The van der Waals surface area contributed by atoms with Gasteiger partial charge >= 0.3 is 6.03 Å². The van der Waals surface area contributed by atoms with Gasteiger partial charge in [-0.15, -0.1) is 0 Å². The predicted octanol–water partition coefficient (Wildman–Crippen LogP) is 4.02. The molecule has 3 aromatic rings. The third-order valence-corrected chi connectivity index (χ3v) is 7.59. The van der Waals surface area contributed by atoms with E-state index >= 15 is 0 Å². The molecule has 0 aliphatic carbocycles. The lowest BCUT2D eigenvalue weighted by molar-refractivity contribution is 0.0343. The fourth-order valence-corrected chi connectivity index (χ4v) is 5.21. The van der Waals surface area contributed by atoms with E-state index in [4.69, 9.17) is 18.7 Å². The van der Waals surface area contributed by atoms with E-state index in [0.717, 1.165) is 17.1 Å². The standard InChI is InChI=1S/C30H37N5O7/c1-17-12-35(18(2)15-36)29(37)22-7-6-8-23(31-30(38)32-27-19(3)33-42-20(27)4)28(22)41-26(17)14-34(5)13-21-9-10-24-25(11-21)40-16-39-24/h6-11,17-18,26,36H,12-16H2,1-5H3,(H2,31,32,38)/t17-,18-,26-/m0/s1. The van der Waals surface area contributed by atoms with Crippen molar-refractivity contribution < 1.29 is 33.4 Å². The lowest BCUT2D eigenvalue weighted by atomic mass is 9.99. The highest BCUT2D eigenvalue weighted by Gasteiger charge is 2.34. The number of carbonyl (C=O) groups excluding carboxylic acids is 2. The van der Waals surface area contributed by atoms with Crippen LogP contribution in [0.4, 0.5) is 16.2 Å². The molecule has 12 heteroatoms. The summed E-state index contributed by atoms with van der Waals surface area (Å²) in [5.41, 5.74) is 2.73. The second-order valence-corrected chi connectivity index (χ2v) is 11.0. The van der Waals surface area contributed by atoms with Crippen LogP contribution in [0.2, 0.25) is 0 Å². The van der Waals surface area contributed by atoms with Crippen molar-refractivity contribution in [3.63, 3.8) is 0 Å². The Hall–Kier alpha value is -4.29. The molecule has 0 bridgehead atoms. The van der Waals surface area contributed by atoms with Crippen molar-refractivity contribution >= 4 is 23.3 Å². The molecular formula is C30H37N5O7. The summed E-state index contributed by atoms with van der Waals surface area (Å²) in [4.78, 5) is 30.6. The first-order valence-corrected chi connectivity index (χ1v) is 13.9. The van der Waals surface area contributed by atoms with E-state index in [1.165, 1.54) is 0 Å². The molecule has 0 saturated carbocycles. The summed E-state index contributed by atoms with van der Waals surface area (Å²) in [6, 6.07) is 10.0. The zero-order valence-electron chi connectivity index (χ0n) is 24.5. The van der Waals surface area contributed by atoms with Crippen LogP contribution < -0.4 is 24.8 Å². The highest BCUT2D eigenvalue weighted by molar-refractivity contribution is 6.04. The van der Waals surface area contributed by atoms with E-state index in [1.54, 1.807) is 36.9 Å². The summed E-state index contributed by atoms with van der Waals surface area (Å²) < 4.78 is 22.7. The molecule has 0 unspecified atom stereocenters. The molecule has 0 radical (unpaired) electrons. The number of nitrogens with zero attached hydrogens (tertiary/aromatic N) is 3. The number of aliphatic hydroxyl groups excluding tert-OH is 1. The summed E-state index contributed by atoms with van der Waals surface area (Å²) in [6.45, 7) is 8.87. The predicted molar refractivity (Wildman–Crippen MR) is 155 cm³/mol. The van der Waals surface area contributed by atoms with Gasteiger partial charge in [-0.1, -0.05) is 24.2 Å². The van der Waals surface area contributed by atoms with Gasteiger partial charge in [0.2, 0.25) is 6.79 Å². The summed E-state index contributed by atoms with van der Waals surface area (Å²) in [5, 5.41) is 19.4. The fourth-order valence-electron chi connectivity index (χ4n) is 5.21. The third-order valence-electron chi connectivity index (χ3n) is 7.59. The molecule has 3 amide bonds. The van der Waals surface area contributed by atoms with Crippen LogP contribution in [0.25, 0.3) is 0 Å². The normalized spacial score (nSPS) is 18.6. The van der Waals surface area contributed by atoms with Crippen molar-refractivity contribution in [2.75, 3.05) is 44.2 Å². The number of urea groups is 1. The summed E-state index contributed by atoms with van der Waals surface area (Å²) >= 11 is 0. The lowest BCUT2D eigenvalue weighted by Gasteiger charge is -2.38. The van der Waals surface area contributed by atoms with E-state index in [1.807, 2.05) is 39.1 Å². The van der Waals surface area contributed by atoms with Crippen molar-refractivity contribution in [2.45, 2.75) is 46.4 Å². The Kier molecular flexibility index (Phi) is 8.55. The van der Waals surface area contributed by atoms with Gasteiger partial charge in [-0.05, 0) is 57.6 Å². The number of aliphatic hydroxyl groups is 1. The van der Waals surface area contributed by atoms with Gasteiger partial charge in [-0.2, -0.15) is 0 Å².